The number of hydrazine groups is 1. The fourth-order valence-corrected chi connectivity index (χ4v) is 1.93. The van der Waals surface area contributed by atoms with Gasteiger partial charge in [-0.1, -0.05) is 19.8 Å². The molecule has 1 aromatic heterocycles. The molecule has 17 heavy (non-hydrogen) atoms. The topological polar surface area (TPSA) is 75.9 Å². The molecular formula is C12H21N5. The molecule has 1 aromatic rings. The van der Waals surface area contributed by atoms with Gasteiger partial charge in [-0.3, -0.25) is 5.43 Å². The number of nitrogens with two attached hydrogens (primary N) is 1. The predicted octanol–water partition coefficient (Wildman–Crippen LogP) is 2.06. The van der Waals surface area contributed by atoms with Gasteiger partial charge in [0.2, 0.25) is 5.95 Å². The summed E-state index contributed by atoms with van der Waals surface area (Å²) < 4.78 is 0. The van der Waals surface area contributed by atoms with E-state index in [2.05, 4.69) is 27.6 Å². The number of hydrogen-bond acceptors (Lipinski definition) is 5. The van der Waals surface area contributed by atoms with E-state index in [1.54, 1.807) is 6.20 Å². The summed E-state index contributed by atoms with van der Waals surface area (Å²) in [6.45, 7) is 4.21. The quantitative estimate of drug-likeness (QED) is 0.520. The minimum Gasteiger partial charge on any atom is -0.367 e. The first kappa shape index (κ1) is 12.1. The van der Waals surface area contributed by atoms with Crippen LogP contribution < -0.4 is 16.6 Å². The third kappa shape index (κ3) is 3.30. The van der Waals surface area contributed by atoms with Crippen LogP contribution in [-0.4, -0.2) is 16.0 Å². The first-order valence-corrected chi connectivity index (χ1v) is 6.29. The maximum Gasteiger partial charge on any atom is 0.239 e. The zero-order chi connectivity index (χ0) is 12.3. The van der Waals surface area contributed by atoms with Crippen molar-refractivity contribution in [3.05, 3.63) is 11.8 Å². The number of hydrogen-bond donors (Lipinski definition) is 3. The Hall–Kier alpha value is -1.36. The first-order chi connectivity index (χ1) is 8.22. The number of nitrogens with zero attached hydrogens (tertiary/aromatic N) is 2. The molecule has 1 aliphatic rings. The maximum absolute atomic E-state index is 5.32. The minimum atomic E-state index is 0.458. The smallest absolute Gasteiger partial charge is 0.239 e. The van der Waals surface area contributed by atoms with E-state index in [-0.39, 0.29) is 0 Å². The van der Waals surface area contributed by atoms with E-state index in [1.807, 2.05) is 6.92 Å². The van der Waals surface area contributed by atoms with Gasteiger partial charge in [-0.05, 0) is 25.7 Å². The Morgan fingerprint density at radius 3 is 2.88 bits per heavy atom. The molecule has 0 radical (unpaired) electrons. The fourth-order valence-electron chi connectivity index (χ4n) is 1.93. The zero-order valence-corrected chi connectivity index (χ0v) is 10.5. The number of aryl methyl sites for hydroxylation is 1. The SMILES string of the molecule is CCC(CC1CC1)Nc1nc(NN)ncc1C. The molecule has 1 unspecified atom stereocenters. The summed E-state index contributed by atoms with van der Waals surface area (Å²) in [4.78, 5) is 8.42. The van der Waals surface area contributed by atoms with Crippen LogP contribution in [0.2, 0.25) is 0 Å². The predicted molar refractivity (Wildman–Crippen MR) is 69.6 cm³/mol. The Labute approximate surface area is 102 Å². The standard InChI is InChI=1S/C12H21N5/c1-3-10(6-9-4-5-9)15-11-8(2)7-14-12(16-11)17-13/h7,9-10H,3-6,13H2,1-2H3,(H2,14,15,16,17). The lowest BCUT2D eigenvalue weighted by Gasteiger charge is -2.18. The molecule has 94 valence electrons. The van der Waals surface area contributed by atoms with Gasteiger partial charge in [0.15, 0.2) is 0 Å². The average molecular weight is 235 g/mol. The van der Waals surface area contributed by atoms with Crippen LogP contribution in [-0.2, 0) is 0 Å². The molecular weight excluding hydrogens is 214 g/mol. The lowest BCUT2D eigenvalue weighted by Crippen LogP contribution is -2.21. The van der Waals surface area contributed by atoms with E-state index < -0.39 is 0 Å². The van der Waals surface area contributed by atoms with E-state index >= 15 is 0 Å². The van der Waals surface area contributed by atoms with Crippen LogP contribution in [0.15, 0.2) is 6.20 Å². The van der Waals surface area contributed by atoms with Crippen molar-refractivity contribution in [3.63, 3.8) is 0 Å². The van der Waals surface area contributed by atoms with Gasteiger partial charge < -0.3 is 5.32 Å². The first-order valence-electron chi connectivity index (χ1n) is 6.29. The minimum absolute atomic E-state index is 0.458. The molecule has 4 N–H and O–H groups in total. The van der Waals surface area contributed by atoms with Crippen LogP contribution in [0, 0.1) is 12.8 Å². The molecule has 1 aliphatic carbocycles. The van der Waals surface area contributed by atoms with E-state index in [0.29, 0.717) is 12.0 Å². The normalized spacial score (nSPS) is 16.6. The van der Waals surface area contributed by atoms with Crippen molar-refractivity contribution >= 4 is 11.8 Å². The van der Waals surface area contributed by atoms with Crippen molar-refractivity contribution in [1.29, 1.82) is 0 Å². The van der Waals surface area contributed by atoms with Crippen LogP contribution in [0.5, 0.6) is 0 Å². The second-order valence-electron chi connectivity index (χ2n) is 4.80. The summed E-state index contributed by atoms with van der Waals surface area (Å²) in [6.07, 6.45) is 6.91. The van der Waals surface area contributed by atoms with Crippen LogP contribution in [0.1, 0.15) is 38.2 Å². The lowest BCUT2D eigenvalue weighted by molar-refractivity contribution is 0.584. The van der Waals surface area contributed by atoms with Gasteiger partial charge in [-0.25, -0.2) is 10.8 Å². The molecule has 0 amide bonds. The van der Waals surface area contributed by atoms with E-state index in [0.717, 1.165) is 23.7 Å². The molecule has 1 heterocycles. The van der Waals surface area contributed by atoms with E-state index in [4.69, 9.17) is 5.84 Å². The molecule has 1 saturated carbocycles. The number of aromatic nitrogens is 2. The molecule has 5 nitrogen and oxygen atoms in total. The summed E-state index contributed by atoms with van der Waals surface area (Å²) in [5.41, 5.74) is 3.53. The monoisotopic (exact) mass is 235 g/mol. The van der Waals surface area contributed by atoms with Crippen molar-refractivity contribution < 1.29 is 0 Å². The second kappa shape index (κ2) is 5.31. The highest BCUT2D eigenvalue weighted by atomic mass is 15.3. The second-order valence-corrected chi connectivity index (χ2v) is 4.80. The Bertz CT molecular complexity index is 375. The van der Waals surface area contributed by atoms with Gasteiger partial charge in [0.25, 0.3) is 0 Å². The number of nitrogens with one attached hydrogen (secondary N) is 2. The zero-order valence-electron chi connectivity index (χ0n) is 10.5. The van der Waals surface area contributed by atoms with Gasteiger partial charge in [-0.2, -0.15) is 4.98 Å². The fraction of sp³-hybridized carbons (Fsp3) is 0.667. The molecule has 2 rings (SSSR count). The molecule has 1 atom stereocenters. The van der Waals surface area contributed by atoms with Crippen LogP contribution in [0.3, 0.4) is 0 Å². The summed E-state index contributed by atoms with van der Waals surface area (Å²) in [7, 11) is 0. The van der Waals surface area contributed by atoms with Crippen molar-refractivity contribution in [3.8, 4) is 0 Å². The van der Waals surface area contributed by atoms with E-state index in [9.17, 15) is 0 Å². The van der Waals surface area contributed by atoms with Crippen molar-refractivity contribution in [1.82, 2.24) is 9.97 Å². The highest BCUT2D eigenvalue weighted by molar-refractivity contribution is 5.46. The molecule has 1 fully saturated rings. The van der Waals surface area contributed by atoms with Gasteiger partial charge >= 0.3 is 0 Å². The van der Waals surface area contributed by atoms with Crippen molar-refractivity contribution in [2.75, 3.05) is 10.7 Å². The van der Waals surface area contributed by atoms with Crippen molar-refractivity contribution in [2.24, 2.45) is 11.8 Å². The molecule has 0 bridgehead atoms. The van der Waals surface area contributed by atoms with Crippen LogP contribution >= 0.6 is 0 Å². The Morgan fingerprint density at radius 2 is 2.29 bits per heavy atom. The summed E-state index contributed by atoms with van der Waals surface area (Å²) in [5.74, 6) is 7.59. The lowest BCUT2D eigenvalue weighted by atomic mass is 10.1. The highest BCUT2D eigenvalue weighted by Crippen LogP contribution is 2.34. The van der Waals surface area contributed by atoms with E-state index in [1.165, 1.54) is 19.3 Å². The Morgan fingerprint density at radius 1 is 1.53 bits per heavy atom. The third-order valence-electron chi connectivity index (χ3n) is 3.25. The Balaban J connectivity index is 2.03. The van der Waals surface area contributed by atoms with Gasteiger partial charge in [-0.15, -0.1) is 0 Å². The van der Waals surface area contributed by atoms with Gasteiger partial charge in [0, 0.05) is 17.8 Å². The molecule has 5 heteroatoms. The largest absolute Gasteiger partial charge is 0.367 e. The van der Waals surface area contributed by atoms with Crippen LogP contribution in [0.4, 0.5) is 11.8 Å². The molecule has 0 saturated heterocycles. The van der Waals surface area contributed by atoms with Crippen molar-refractivity contribution in [2.45, 2.75) is 45.6 Å². The van der Waals surface area contributed by atoms with Gasteiger partial charge in [0.05, 0.1) is 0 Å². The van der Waals surface area contributed by atoms with Gasteiger partial charge in [0.1, 0.15) is 5.82 Å². The summed E-state index contributed by atoms with van der Waals surface area (Å²) in [6, 6.07) is 0.502. The average Bonchev–Trinajstić information content (AvgIpc) is 3.14. The third-order valence-corrected chi connectivity index (χ3v) is 3.25. The molecule has 0 aliphatic heterocycles. The number of nitrogen functional groups attached to an aromatic ring is 1. The summed E-state index contributed by atoms with van der Waals surface area (Å²) in [5, 5.41) is 3.50. The maximum atomic E-state index is 5.32. The molecule has 0 aromatic carbocycles. The number of anilines is 2. The molecule has 0 spiro atoms. The Kier molecular flexibility index (Phi) is 3.78. The highest BCUT2D eigenvalue weighted by Gasteiger charge is 2.25. The summed E-state index contributed by atoms with van der Waals surface area (Å²) >= 11 is 0. The van der Waals surface area contributed by atoms with Crippen LogP contribution in [0.25, 0.3) is 0 Å². The number of rotatable bonds is 6.